The van der Waals surface area contributed by atoms with E-state index < -0.39 is 5.82 Å². The van der Waals surface area contributed by atoms with Gasteiger partial charge in [-0.3, -0.25) is 0 Å². The minimum atomic E-state index is -0.473. The van der Waals surface area contributed by atoms with Gasteiger partial charge in [0.15, 0.2) is 11.6 Å². The first-order valence-electron chi connectivity index (χ1n) is 12.9. The predicted octanol–water partition coefficient (Wildman–Crippen LogP) is 5.96. The Balaban J connectivity index is 1.38. The highest BCUT2D eigenvalue weighted by Gasteiger charge is 2.26. The van der Waals surface area contributed by atoms with Crippen LogP contribution < -0.4 is 19.9 Å². The quantitative estimate of drug-likeness (QED) is 0.412. The molecule has 1 saturated heterocycles. The van der Waals surface area contributed by atoms with Gasteiger partial charge in [0.2, 0.25) is 5.95 Å². The fourth-order valence-corrected chi connectivity index (χ4v) is 5.40. The largest absolute Gasteiger partial charge is 0.486 e. The SMILES string of the molecule is CC(C)N1CCOc2c(F)cc(-c3nc(Nc4ccc(N5CCC(N(C)C)CC5)c(F)c4)ncc3Cl)cc21. The van der Waals surface area contributed by atoms with Gasteiger partial charge >= 0.3 is 0 Å². The Morgan fingerprint density at radius 2 is 1.82 bits per heavy atom. The lowest BCUT2D eigenvalue weighted by atomic mass is 10.0. The molecule has 7 nitrogen and oxygen atoms in total. The van der Waals surface area contributed by atoms with E-state index in [0.29, 0.717) is 47.5 Å². The Kier molecular flexibility index (Phi) is 7.59. The van der Waals surface area contributed by atoms with Gasteiger partial charge in [-0.1, -0.05) is 11.6 Å². The highest BCUT2D eigenvalue weighted by atomic mass is 35.5. The van der Waals surface area contributed by atoms with E-state index >= 15 is 8.78 Å². The lowest BCUT2D eigenvalue weighted by molar-refractivity contribution is 0.249. The van der Waals surface area contributed by atoms with Crippen LogP contribution in [-0.4, -0.2) is 67.3 Å². The van der Waals surface area contributed by atoms with Gasteiger partial charge in [-0.2, -0.15) is 0 Å². The molecule has 38 heavy (non-hydrogen) atoms. The van der Waals surface area contributed by atoms with Gasteiger partial charge in [0.25, 0.3) is 0 Å². The van der Waals surface area contributed by atoms with Gasteiger partial charge in [0.1, 0.15) is 12.4 Å². The molecule has 3 heterocycles. The molecule has 2 aliphatic rings. The standard InChI is InChI=1S/C28H33ClF2N6O/c1-17(2)37-11-12-38-27-23(31)13-18(14-25(27)37)26-21(29)16-32-28(34-26)33-19-5-6-24(22(30)15-19)36-9-7-20(8-10-36)35(3)4/h5-6,13-17,20H,7-12H2,1-4H3,(H,32,33,34). The van der Waals surface area contributed by atoms with Crippen molar-refractivity contribution < 1.29 is 13.5 Å². The van der Waals surface area contributed by atoms with Crippen LogP contribution in [0.4, 0.5) is 31.8 Å². The van der Waals surface area contributed by atoms with E-state index in [1.165, 1.54) is 18.3 Å². The lowest BCUT2D eigenvalue weighted by Crippen LogP contribution is -2.42. The Bertz CT molecular complexity index is 1310. The molecule has 1 aromatic heterocycles. The van der Waals surface area contributed by atoms with Crippen LogP contribution in [0.5, 0.6) is 5.75 Å². The number of nitrogens with zero attached hydrogens (tertiary/aromatic N) is 5. The van der Waals surface area contributed by atoms with Gasteiger partial charge < -0.3 is 24.8 Å². The topological polar surface area (TPSA) is 56.8 Å². The van der Waals surface area contributed by atoms with Crippen LogP contribution >= 0.6 is 11.6 Å². The van der Waals surface area contributed by atoms with Crippen molar-refractivity contribution in [3.05, 3.63) is 53.2 Å². The molecule has 0 atom stereocenters. The normalized spacial score (nSPS) is 16.1. The number of halogens is 3. The van der Waals surface area contributed by atoms with Crippen LogP contribution in [-0.2, 0) is 0 Å². The fourth-order valence-electron chi connectivity index (χ4n) is 5.20. The molecule has 0 amide bonds. The molecule has 2 aliphatic heterocycles. The van der Waals surface area contributed by atoms with Crippen LogP contribution in [0.25, 0.3) is 11.3 Å². The third-order valence-electron chi connectivity index (χ3n) is 7.29. The molecule has 1 N–H and O–H groups in total. The number of rotatable bonds is 6. The molecule has 2 aromatic carbocycles. The van der Waals surface area contributed by atoms with E-state index in [0.717, 1.165) is 25.9 Å². The zero-order chi connectivity index (χ0) is 27.0. The van der Waals surface area contributed by atoms with Crippen LogP contribution in [0.1, 0.15) is 26.7 Å². The maximum atomic E-state index is 15.1. The van der Waals surface area contributed by atoms with Crippen LogP contribution in [0.3, 0.4) is 0 Å². The minimum absolute atomic E-state index is 0.169. The molecular formula is C28H33ClF2N6O. The summed E-state index contributed by atoms with van der Waals surface area (Å²) in [4.78, 5) is 15.2. The molecule has 0 aliphatic carbocycles. The van der Waals surface area contributed by atoms with Crippen LogP contribution in [0.2, 0.25) is 5.02 Å². The van der Waals surface area contributed by atoms with Crippen molar-refractivity contribution in [2.45, 2.75) is 38.8 Å². The van der Waals surface area contributed by atoms with E-state index in [4.69, 9.17) is 16.3 Å². The zero-order valence-electron chi connectivity index (χ0n) is 22.1. The first-order chi connectivity index (χ1) is 18.2. The summed E-state index contributed by atoms with van der Waals surface area (Å²) in [6, 6.07) is 8.94. The van der Waals surface area contributed by atoms with Gasteiger partial charge in [-0.05, 0) is 71.1 Å². The van der Waals surface area contributed by atoms with Crippen molar-refractivity contribution in [2.75, 3.05) is 55.5 Å². The summed E-state index contributed by atoms with van der Waals surface area (Å²) >= 11 is 6.44. The second kappa shape index (κ2) is 10.9. The fraction of sp³-hybridized carbons (Fsp3) is 0.429. The molecule has 10 heteroatoms. The number of hydrogen-bond acceptors (Lipinski definition) is 7. The zero-order valence-corrected chi connectivity index (χ0v) is 22.9. The van der Waals surface area contributed by atoms with Crippen molar-refractivity contribution >= 4 is 34.6 Å². The number of fused-ring (bicyclic) bond motifs is 1. The molecule has 3 aromatic rings. The Morgan fingerprint density at radius 3 is 2.50 bits per heavy atom. The molecule has 0 spiro atoms. The predicted molar refractivity (Wildman–Crippen MR) is 149 cm³/mol. The molecule has 5 rings (SSSR count). The van der Waals surface area contributed by atoms with Gasteiger partial charge in [0.05, 0.1) is 34.8 Å². The van der Waals surface area contributed by atoms with Crippen molar-refractivity contribution in [1.82, 2.24) is 14.9 Å². The van der Waals surface area contributed by atoms with Crippen molar-refractivity contribution in [3.63, 3.8) is 0 Å². The Morgan fingerprint density at radius 1 is 1.05 bits per heavy atom. The number of aromatic nitrogens is 2. The number of benzene rings is 2. The molecule has 0 unspecified atom stereocenters. The molecule has 1 fully saturated rings. The smallest absolute Gasteiger partial charge is 0.227 e. The summed E-state index contributed by atoms with van der Waals surface area (Å²) in [5, 5.41) is 3.35. The molecule has 0 bridgehead atoms. The second-order valence-electron chi connectivity index (χ2n) is 10.3. The van der Waals surface area contributed by atoms with Crippen molar-refractivity contribution in [1.29, 1.82) is 0 Å². The van der Waals surface area contributed by atoms with E-state index in [9.17, 15) is 0 Å². The van der Waals surface area contributed by atoms with E-state index in [2.05, 4.69) is 57.9 Å². The molecule has 0 saturated carbocycles. The van der Waals surface area contributed by atoms with E-state index in [1.54, 1.807) is 6.07 Å². The summed E-state index contributed by atoms with van der Waals surface area (Å²) in [6.07, 6.45) is 3.45. The Labute approximate surface area is 227 Å². The number of hydrogen-bond donors (Lipinski definition) is 1. The van der Waals surface area contributed by atoms with Crippen molar-refractivity contribution in [2.24, 2.45) is 0 Å². The number of ether oxygens (including phenoxy) is 1. The summed E-state index contributed by atoms with van der Waals surface area (Å²) in [5.41, 5.74) is 2.65. The highest BCUT2D eigenvalue weighted by Crippen LogP contribution is 2.40. The average Bonchev–Trinajstić information content (AvgIpc) is 2.89. The van der Waals surface area contributed by atoms with Crippen molar-refractivity contribution in [3.8, 4) is 17.0 Å². The first-order valence-corrected chi connectivity index (χ1v) is 13.3. The third kappa shape index (κ3) is 5.35. The number of piperidine rings is 1. The van der Waals surface area contributed by atoms with E-state index in [1.807, 2.05) is 12.1 Å². The average molecular weight is 543 g/mol. The maximum Gasteiger partial charge on any atom is 0.227 e. The molecular weight excluding hydrogens is 510 g/mol. The summed E-state index contributed by atoms with van der Waals surface area (Å²) in [5.74, 6) is -0.311. The Hall–Kier alpha value is -3.17. The second-order valence-corrected chi connectivity index (χ2v) is 10.7. The molecule has 0 radical (unpaired) electrons. The first kappa shape index (κ1) is 26.4. The van der Waals surface area contributed by atoms with Gasteiger partial charge in [-0.15, -0.1) is 0 Å². The minimum Gasteiger partial charge on any atom is -0.486 e. The molecule has 202 valence electrons. The summed E-state index contributed by atoms with van der Waals surface area (Å²) < 4.78 is 35.7. The third-order valence-corrected chi connectivity index (χ3v) is 7.57. The summed E-state index contributed by atoms with van der Waals surface area (Å²) in [7, 11) is 4.17. The lowest BCUT2D eigenvalue weighted by Gasteiger charge is -2.36. The van der Waals surface area contributed by atoms with Gasteiger partial charge in [-0.25, -0.2) is 18.7 Å². The van der Waals surface area contributed by atoms with E-state index in [-0.39, 0.29) is 28.6 Å². The number of anilines is 4. The van der Waals surface area contributed by atoms with Gasteiger partial charge in [0, 0.05) is 36.4 Å². The van der Waals surface area contributed by atoms with Crippen LogP contribution in [0.15, 0.2) is 36.5 Å². The number of nitrogens with one attached hydrogen (secondary N) is 1. The monoisotopic (exact) mass is 542 g/mol. The van der Waals surface area contributed by atoms with Crippen LogP contribution in [0, 0.1) is 11.6 Å². The summed E-state index contributed by atoms with van der Waals surface area (Å²) in [6.45, 7) is 6.81. The maximum absolute atomic E-state index is 15.1. The highest BCUT2D eigenvalue weighted by molar-refractivity contribution is 6.33.